The summed E-state index contributed by atoms with van der Waals surface area (Å²) < 4.78 is 44.8. The number of fused-ring (bicyclic) bond motifs is 2. The Bertz CT molecular complexity index is 1340. The van der Waals surface area contributed by atoms with E-state index in [0.717, 1.165) is 23.1 Å². The van der Waals surface area contributed by atoms with Crippen LogP contribution in [0.1, 0.15) is 23.2 Å². The fraction of sp³-hybridized carbons (Fsp3) is 0.440. The highest BCUT2D eigenvalue weighted by Gasteiger charge is 2.27. The number of amides is 1. The van der Waals surface area contributed by atoms with Gasteiger partial charge in [-0.05, 0) is 51.2 Å². The number of ether oxygens (including phenoxy) is 3. The van der Waals surface area contributed by atoms with Crippen LogP contribution in [0.4, 0.5) is 5.13 Å². The first kappa shape index (κ1) is 25.9. The van der Waals surface area contributed by atoms with Gasteiger partial charge >= 0.3 is 0 Å². The van der Waals surface area contributed by atoms with Gasteiger partial charge in [0.1, 0.15) is 0 Å². The second-order valence-electron chi connectivity index (χ2n) is 9.37. The number of hydrogen-bond acceptors (Lipinski definition) is 9. The highest BCUT2D eigenvalue weighted by Crippen LogP contribution is 2.40. The van der Waals surface area contributed by atoms with Gasteiger partial charge in [-0.15, -0.1) is 0 Å². The van der Waals surface area contributed by atoms with E-state index in [1.54, 1.807) is 24.1 Å². The minimum absolute atomic E-state index is 0.0843. The van der Waals surface area contributed by atoms with Gasteiger partial charge in [-0.3, -0.25) is 9.69 Å². The van der Waals surface area contributed by atoms with E-state index in [0.29, 0.717) is 48.4 Å². The molecule has 1 fully saturated rings. The minimum atomic E-state index is -3.70. The molecule has 0 unspecified atom stereocenters. The van der Waals surface area contributed by atoms with Crippen LogP contribution in [0.2, 0.25) is 0 Å². The molecule has 3 heterocycles. The van der Waals surface area contributed by atoms with Gasteiger partial charge in [-0.2, -0.15) is 4.31 Å². The van der Waals surface area contributed by atoms with E-state index >= 15 is 0 Å². The highest BCUT2D eigenvalue weighted by molar-refractivity contribution is 7.89. The predicted octanol–water partition coefficient (Wildman–Crippen LogP) is 3.03. The van der Waals surface area contributed by atoms with E-state index < -0.39 is 10.0 Å². The Labute approximate surface area is 220 Å². The highest BCUT2D eigenvalue weighted by atomic mass is 32.2. The molecule has 0 saturated carbocycles. The van der Waals surface area contributed by atoms with E-state index in [4.69, 9.17) is 19.2 Å². The zero-order valence-electron chi connectivity index (χ0n) is 21.0. The van der Waals surface area contributed by atoms with Crippen molar-refractivity contribution in [2.45, 2.75) is 23.8 Å². The predicted molar refractivity (Wildman–Crippen MR) is 141 cm³/mol. The summed E-state index contributed by atoms with van der Waals surface area (Å²) in [5, 5.41) is 0.554. The topological polar surface area (TPSA) is 102 Å². The lowest BCUT2D eigenvalue weighted by atomic mass is 10.2. The van der Waals surface area contributed by atoms with Crippen molar-refractivity contribution in [1.29, 1.82) is 0 Å². The molecule has 3 aromatic rings. The summed E-state index contributed by atoms with van der Waals surface area (Å²) in [5.41, 5.74) is 1.11. The van der Waals surface area contributed by atoms with Crippen molar-refractivity contribution < 1.29 is 27.4 Å². The van der Waals surface area contributed by atoms with Gasteiger partial charge < -0.3 is 19.1 Å². The fourth-order valence-electron chi connectivity index (χ4n) is 4.28. The number of rotatable bonds is 9. The van der Waals surface area contributed by atoms with Crippen LogP contribution in [0.3, 0.4) is 0 Å². The first-order chi connectivity index (χ1) is 17.7. The fourth-order valence-corrected chi connectivity index (χ4v) is 6.49. The van der Waals surface area contributed by atoms with Crippen molar-refractivity contribution in [3.63, 3.8) is 0 Å². The average Bonchev–Trinajstić information content (AvgIpc) is 3.63. The van der Waals surface area contributed by atoms with Crippen LogP contribution in [-0.4, -0.2) is 88.8 Å². The maximum atomic E-state index is 13.6. The van der Waals surface area contributed by atoms with Crippen LogP contribution >= 0.6 is 11.3 Å². The molecule has 198 valence electrons. The van der Waals surface area contributed by atoms with Crippen LogP contribution in [-0.2, 0) is 14.8 Å². The van der Waals surface area contributed by atoms with E-state index in [2.05, 4.69) is 0 Å². The third-order valence-corrected chi connectivity index (χ3v) is 9.29. The number of benzene rings is 2. The number of anilines is 1. The Kier molecular flexibility index (Phi) is 7.37. The van der Waals surface area contributed by atoms with E-state index in [1.165, 1.54) is 27.8 Å². The Morgan fingerprint density at radius 1 is 1.08 bits per heavy atom. The van der Waals surface area contributed by atoms with Gasteiger partial charge in [0.15, 0.2) is 16.6 Å². The lowest BCUT2D eigenvalue weighted by Gasteiger charge is -2.22. The summed E-state index contributed by atoms with van der Waals surface area (Å²) in [6.07, 6.45) is 1.71. The molecular weight excluding hydrogens is 516 g/mol. The van der Waals surface area contributed by atoms with Crippen LogP contribution < -0.4 is 14.4 Å². The molecule has 1 aromatic heterocycles. The molecule has 2 aliphatic heterocycles. The lowest BCUT2D eigenvalue weighted by Crippen LogP contribution is -2.37. The van der Waals surface area contributed by atoms with E-state index in [9.17, 15) is 13.2 Å². The van der Waals surface area contributed by atoms with Crippen molar-refractivity contribution >= 4 is 42.6 Å². The van der Waals surface area contributed by atoms with E-state index in [1.807, 2.05) is 31.1 Å². The standard InChI is InChI=1S/C25H30N4O6S2/c1-27(2)10-11-29(25-26-20-13-21-22(35-16-34-21)14-23(20)36-25)24(30)17-6-8-19(9-7-17)37(31,32)28(3)15-18-5-4-12-33-18/h6-9,13-14,18H,4-5,10-12,15-16H2,1-3H3/t18-/m0/s1. The molecule has 37 heavy (non-hydrogen) atoms. The van der Waals surface area contributed by atoms with Crippen molar-refractivity contribution in [3.8, 4) is 11.5 Å². The third-order valence-electron chi connectivity index (χ3n) is 6.41. The summed E-state index contributed by atoms with van der Waals surface area (Å²) >= 11 is 1.40. The largest absolute Gasteiger partial charge is 0.454 e. The number of likely N-dealkylation sites (N-methyl/N-ethyl adjacent to an activating group) is 2. The molecule has 5 rings (SSSR count). The maximum absolute atomic E-state index is 13.6. The molecule has 0 N–H and O–H groups in total. The van der Waals surface area contributed by atoms with Crippen LogP contribution in [0.15, 0.2) is 41.3 Å². The van der Waals surface area contributed by atoms with Crippen molar-refractivity contribution in [1.82, 2.24) is 14.2 Å². The number of carbonyl (C=O) groups excluding carboxylic acids is 1. The number of aromatic nitrogens is 1. The number of carbonyl (C=O) groups is 1. The second-order valence-corrected chi connectivity index (χ2v) is 12.4. The first-order valence-corrected chi connectivity index (χ1v) is 14.3. The number of thiazole rings is 1. The minimum Gasteiger partial charge on any atom is -0.454 e. The van der Waals surface area contributed by atoms with E-state index in [-0.39, 0.29) is 23.7 Å². The van der Waals surface area contributed by atoms with Gasteiger partial charge in [-0.1, -0.05) is 11.3 Å². The van der Waals surface area contributed by atoms with Gasteiger partial charge in [0, 0.05) is 51.0 Å². The third kappa shape index (κ3) is 5.43. The zero-order chi connectivity index (χ0) is 26.2. The molecule has 1 amide bonds. The SMILES string of the molecule is CN(C)CCN(C(=O)c1ccc(S(=O)(=O)N(C)C[C@@H]2CCCO2)cc1)c1nc2cc3c(cc2s1)OCO3. The molecular formula is C25H30N4O6S2. The lowest BCUT2D eigenvalue weighted by molar-refractivity contribution is 0.0978. The van der Waals surface area contributed by atoms with Gasteiger partial charge in [-0.25, -0.2) is 13.4 Å². The number of hydrogen-bond donors (Lipinski definition) is 0. The second kappa shape index (κ2) is 10.5. The molecule has 10 nitrogen and oxygen atoms in total. The number of sulfonamides is 1. The molecule has 2 aliphatic rings. The maximum Gasteiger partial charge on any atom is 0.260 e. The normalized spacial score (nSPS) is 17.3. The van der Waals surface area contributed by atoms with Crippen molar-refractivity contribution in [2.24, 2.45) is 0 Å². The molecule has 2 aromatic carbocycles. The summed E-state index contributed by atoms with van der Waals surface area (Å²) in [6, 6.07) is 9.77. The number of nitrogens with zero attached hydrogens (tertiary/aromatic N) is 4. The van der Waals surface area contributed by atoms with Gasteiger partial charge in [0.25, 0.3) is 5.91 Å². The Hall–Kier alpha value is -2.77. The Morgan fingerprint density at radius 2 is 1.81 bits per heavy atom. The molecule has 0 radical (unpaired) electrons. The summed E-state index contributed by atoms with van der Waals surface area (Å²) in [4.78, 5) is 22.1. The molecule has 12 heteroatoms. The van der Waals surface area contributed by atoms with Crippen LogP contribution in [0.5, 0.6) is 11.5 Å². The molecule has 0 aliphatic carbocycles. The van der Waals surface area contributed by atoms with Gasteiger partial charge in [0.2, 0.25) is 16.8 Å². The van der Waals surface area contributed by atoms with Crippen LogP contribution in [0, 0.1) is 0 Å². The monoisotopic (exact) mass is 546 g/mol. The molecule has 1 saturated heterocycles. The quantitative estimate of drug-likeness (QED) is 0.404. The molecule has 0 bridgehead atoms. The molecule has 1 atom stereocenters. The zero-order valence-corrected chi connectivity index (χ0v) is 22.7. The smallest absolute Gasteiger partial charge is 0.260 e. The van der Waals surface area contributed by atoms with Crippen LogP contribution in [0.25, 0.3) is 10.2 Å². The summed E-state index contributed by atoms with van der Waals surface area (Å²) in [7, 11) is 1.73. The Balaban J connectivity index is 1.38. The summed E-state index contributed by atoms with van der Waals surface area (Å²) in [5.74, 6) is 1.05. The van der Waals surface area contributed by atoms with Crippen molar-refractivity contribution in [2.75, 3.05) is 59.1 Å². The van der Waals surface area contributed by atoms with Crippen molar-refractivity contribution in [3.05, 3.63) is 42.0 Å². The van der Waals surface area contributed by atoms with Gasteiger partial charge in [0.05, 0.1) is 21.2 Å². The summed E-state index contributed by atoms with van der Waals surface area (Å²) in [6.45, 7) is 2.20. The molecule has 0 spiro atoms. The first-order valence-electron chi connectivity index (χ1n) is 12.1. The Morgan fingerprint density at radius 3 is 2.49 bits per heavy atom. The average molecular weight is 547 g/mol.